The van der Waals surface area contributed by atoms with E-state index < -0.39 is 0 Å². The molecule has 0 saturated heterocycles. The average molecular weight is 239 g/mol. The minimum absolute atomic E-state index is 0.333. The standard InChI is InChI=1S/C13H25N3O/c1-5-16-10-13(12(4)15-16)9-14-7-6-8-17-11(2)3/h10-11,14H,5-9H2,1-4H3. The molecule has 0 atom stereocenters. The van der Waals surface area contributed by atoms with Crippen LogP contribution < -0.4 is 5.32 Å². The van der Waals surface area contributed by atoms with Crippen molar-refractivity contribution in [1.29, 1.82) is 0 Å². The number of hydrogen-bond donors (Lipinski definition) is 1. The molecular weight excluding hydrogens is 214 g/mol. The number of rotatable bonds is 8. The lowest BCUT2D eigenvalue weighted by molar-refractivity contribution is 0.0770. The molecule has 0 aliphatic carbocycles. The summed E-state index contributed by atoms with van der Waals surface area (Å²) in [6.45, 7) is 11.9. The molecule has 0 aliphatic heterocycles. The highest BCUT2D eigenvalue weighted by Gasteiger charge is 2.02. The predicted molar refractivity (Wildman–Crippen MR) is 70.0 cm³/mol. The minimum atomic E-state index is 0.333. The SMILES string of the molecule is CCn1cc(CNCCCOC(C)C)c(C)n1. The lowest BCUT2D eigenvalue weighted by Gasteiger charge is -2.07. The molecule has 4 heteroatoms. The lowest BCUT2D eigenvalue weighted by atomic mass is 10.2. The van der Waals surface area contributed by atoms with Crippen LogP contribution in [0.2, 0.25) is 0 Å². The van der Waals surface area contributed by atoms with Crippen LogP contribution in [0.25, 0.3) is 0 Å². The van der Waals surface area contributed by atoms with Crippen molar-refractivity contribution >= 4 is 0 Å². The summed E-state index contributed by atoms with van der Waals surface area (Å²) in [7, 11) is 0. The number of aromatic nitrogens is 2. The Morgan fingerprint density at radius 1 is 1.47 bits per heavy atom. The number of nitrogens with one attached hydrogen (secondary N) is 1. The van der Waals surface area contributed by atoms with E-state index >= 15 is 0 Å². The Morgan fingerprint density at radius 3 is 2.82 bits per heavy atom. The van der Waals surface area contributed by atoms with Crippen molar-refractivity contribution in [3.8, 4) is 0 Å². The Kier molecular flexibility index (Phi) is 6.22. The molecule has 1 rings (SSSR count). The third kappa shape index (κ3) is 5.33. The molecule has 0 radical (unpaired) electrons. The molecule has 0 bridgehead atoms. The fraction of sp³-hybridized carbons (Fsp3) is 0.769. The van der Waals surface area contributed by atoms with E-state index in [-0.39, 0.29) is 0 Å². The van der Waals surface area contributed by atoms with Gasteiger partial charge in [-0.3, -0.25) is 4.68 Å². The van der Waals surface area contributed by atoms with Gasteiger partial charge in [0.2, 0.25) is 0 Å². The van der Waals surface area contributed by atoms with Crippen LogP contribution in [0.15, 0.2) is 6.20 Å². The number of hydrogen-bond acceptors (Lipinski definition) is 3. The van der Waals surface area contributed by atoms with Crippen LogP contribution in [-0.2, 0) is 17.8 Å². The number of aryl methyl sites for hydroxylation is 2. The van der Waals surface area contributed by atoms with E-state index in [9.17, 15) is 0 Å². The average Bonchev–Trinajstić information content (AvgIpc) is 2.64. The molecule has 1 aromatic heterocycles. The van der Waals surface area contributed by atoms with E-state index in [1.54, 1.807) is 0 Å². The maximum Gasteiger partial charge on any atom is 0.0638 e. The first-order valence-corrected chi connectivity index (χ1v) is 6.48. The third-order valence-electron chi connectivity index (χ3n) is 2.64. The van der Waals surface area contributed by atoms with Gasteiger partial charge < -0.3 is 10.1 Å². The minimum Gasteiger partial charge on any atom is -0.379 e. The van der Waals surface area contributed by atoms with E-state index in [1.165, 1.54) is 5.56 Å². The highest BCUT2D eigenvalue weighted by Crippen LogP contribution is 2.04. The van der Waals surface area contributed by atoms with E-state index in [2.05, 4.69) is 44.3 Å². The first-order chi connectivity index (χ1) is 8.13. The molecule has 1 heterocycles. The molecule has 0 aromatic carbocycles. The molecule has 98 valence electrons. The van der Waals surface area contributed by atoms with E-state index in [1.807, 2.05) is 4.68 Å². The van der Waals surface area contributed by atoms with Gasteiger partial charge in [0.15, 0.2) is 0 Å². The molecule has 0 unspecified atom stereocenters. The van der Waals surface area contributed by atoms with Gasteiger partial charge in [0.05, 0.1) is 11.8 Å². The van der Waals surface area contributed by atoms with E-state index in [0.717, 1.165) is 38.4 Å². The summed E-state index contributed by atoms with van der Waals surface area (Å²) in [5.41, 5.74) is 2.41. The van der Waals surface area contributed by atoms with Crippen LogP contribution in [-0.4, -0.2) is 29.0 Å². The quantitative estimate of drug-likeness (QED) is 0.706. The summed E-state index contributed by atoms with van der Waals surface area (Å²) < 4.78 is 7.46. The normalized spacial score (nSPS) is 11.4. The van der Waals surface area contributed by atoms with Crippen molar-refractivity contribution in [2.24, 2.45) is 0 Å². The highest BCUT2D eigenvalue weighted by molar-refractivity contribution is 5.14. The Hall–Kier alpha value is -0.870. The van der Waals surface area contributed by atoms with Gasteiger partial charge in [-0.15, -0.1) is 0 Å². The fourth-order valence-electron chi connectivity index (χ4n) is 1.63. The second kappa shape index (κ2) is 7.45. The van der Waals surface area contributed by atoms with Gasteiger partial charge in [-0.2, -0.15) is 5.10 Å². The van der Waals surface area contributed by atoms with E-state index in [0.29, 0.717) is 6.10 Å². The van der Waals surface area contributed by atoms with Gasteiger partial charge in [-0.25, -0.2) is 0 Å². The van der Waals surface area contributed by atoms with Crippen molar-refractivity contribution in [2.45, 2.75) is 53.3 Å². The van der Waals surface area contributed by atoms with Crippen LogP contribution in [0, 0.1) is 6.92 Å². The number of nitrogens with zero attached hydrogens (tertiary/aromatic N) is 2. The van der Waals surface area contributed by atoms with Crippen molar-refractivity contribution < 1.29 is 4.74 Å². The van der Waals surface area contributed by atoms with Crippen LogP contribution in [0.4, 0.5) is 0 Å². The zero-order valence-corrected chi connectivity index (χ0v) is 11.5. The molecule has 0 amide bonds. The molecule has 0 saturated carbocycles. The van der Waals surface area contributed by atoms with Crippen LogP contribution in [0.3, 0.4) is 0 Å². The largest absolute Gasteiger partial charge is 0.379 e. The molecule has 0 aliphatic rings. The number of ether oxygens (including phenoxy) is 1. The third-order valence-corrected chi connectivity index (χ3v) is 2.64. The van der Waals surface area contributed by atoms with E-state index in [4.69, 9.17) is 4.74 Å². The van der Waals surface area contributed by atoms with Gasteiger partial charge in [0.25, 0.3) is 0 Å². The summed E-state index contributed by atoms with van der Waals surface area (Å²) in [6.07, 6.45) is 3.51. The Balaban J connectivity index is 2.15. The topological polar surface area (TPSA) is 39.1 Å². The van der Waals surface area contributed by atoms with Crippen molar-refractivity contribution in [1.82, 2.24) is 15.1 Å². The summed E-state index contributed by atoms with van der Waals surface area (Å²) in [5.74, 6) is 0. The monoisotopic (exact) mass is 239 g/mol. The van der Waals surface area contributed by atoms with Crippen molar-refractivity contribution in [3.63, 3.8) is 0 Å². The van der Waals surface area contributed by atoms with Crippen LogP contribution >= 0.6 is 0 Å². The fourth-order valence-corrected chi connectivity index (χ4v) is 1.63. The Labute approximate surface area is 104 Å². The van der Waals surface area contributed by atoms with Gasteiger partial charge in [-0.1, -0.05) is 0 Å². The first kappa shape index (κ1) is 14.2. The summed E-state index contributed by atoms with van der Waals surface area (Å²) in [5, 5.41) is 7.84. The van der Waals surface area contributed by atoms with Gasteiger partial charge in [0, 0.05) is 31.5 Å². The van der Waals surface area contributed by atoms with Gasteiger partial charge in [-0.05, 0) is 40.7 Å². The smallest absolute Gasteiger partial charge is 0.0638 e. The highest BCUT2D eigenvalue weighted by atomic mass is 16.5. The molecular formula is C13H25N3O. The zero-order valence-electron chi connectivity index (χ0n) is 11.5. The maximum absolute atomic E-state index is 5.48. The van der Waals surface area contributed by atoms with Crippen LogP contribution in [0.1, 0.15) is 38.4 Å². The van der Waals surface area contributed by atoms with Crippen molar-refractivity contribution in [2.75, 3.05) is 13.2 Å². The second-order valence-electron chi connectivity index (χ2n) is 4.55. The summed E-state index contributed by atoms with van der Waals surface area (Å²) in [4.78, 5) is 0. The summed E-state index contributed by atoms with van der Waals surface area (Å²) >= 11 is 0. The first-order valence-electron chi connectivity index (χ1n) is 6.48. The molecule has 1 N–H and O–H groups in total. The van der Waals surface area contributed by atoms with Gasteiger partial charge in [0.1, 0.15) is 0 Å². The Morgan fingerprint density at radius 2 is 2.24 bits per heavy atom. The molecule has 0 spiro atoms. The lowest BCUT2D eigenvalue weighted by Crippen LogP contribution is -2.17. The maximum atomic E-state index is 5.48. The van der Waals surface area contributed by atoms with Crippen molar-refractivity contribution in [3.05, 3.63) is 17.5 Å². The molecule has 17 heavy (non-hydrogen) atoms. The van der Waals surface area contributed by atoms with Gasteiger partial charge >= 0.3 is 0 Å². The molecule has 4 nitrogen and oxygen atoms in total. The molecule has 1 aromatic rings. The summed E-state index contributed by atoms with van der Waals surface area (Å²) in [6, 6.07) is 0. The predicted octanol–water partition coefficient (Wildman–Crippen LogP) is 2.12. The zero-order chi connectivity index (χ0) is 12.7. The molecule has 0 fully saturated rings. The van der Waals surface area contributed by atoms with Crippen LogP contribution in [0.5, 0.6) is 0 Å². The Bertz CT molecular complexity index is 320. The second-order valence-corrected chi connectivity index (χ2v) is 4.55.